The summed E-state index contributed by atoms with van der Waals surface area (Å²) < 4.78 is 0. The van der Waals surface area contributed by atoms with Crippen LogP contribution in [0.1, 0.15) is 47.0 Å². The highest BCUT2D eigenvalue weighted by Gasteiger charge is 2.68. The molecule has 1 unspecified atom stereocenters. The molecule has 2 bridgehead atoms. The largest absolute Gasteiger partial charge is 0.381 e. The van der Waals surface area contributed by atoms with Crippen LogP contribution in [-0.4, -0.2) is 21.9 Å². The van der Waals surface area contributed by atoms with E-state index in [1.54, 1.807) is 6.92 Å². The Balaban J connectivity index is 2.38. The Morgan fingerprint density at radius 1 is 1.31 bits per heavy atom. The van der Waals surface area contributed by atoms with Crippen LogP contribution in [0.15, 0.2) is 0 Å². The first kappa shape index (κ1) is 12.0. The second kappa shape index (κ2) is 3.24. The van der Waals surface area contributed by atoms with E-state index in [0.29, 0.717) is 5.92 Å². The second-order valence-corrected chi connectivity index (χ2v) is 6.30. The topological polar surface area (TPSA) is 40.5 Å². The van der Waals surface area contributed by atoms with Gasteiger partial charge in [0.1, 0.15) is 11.7 Å². The summed E-state index contributed by atoms with van der Waals surface area (Å²) in [5, 5.41) is 20.0. The molecule has 2 rings (SSSR count). The summed E-state index contributed by atoms with van der Waals surface area (Å²) in [5.41, 5.74) is -0.891. The van der Waals surface area contributed by atoms with Gasteiger partial charge in [-0.1, -0.05) is 32.6 Å². The van der Waals surface area contributed by atoms with E-state index in [9.17, 15) is 10.2 Å². The van der Waals surface area contributed by atoms with Crippen LogP contribution in [0.2, 0.25) is 0 Å². The number of hydrogen-bond donors (Lipinski definition) is 2. The van der Waals surface area contributed by atoms with Crippen LogP contribution in [0.3, 0.4) is 0 Å². The van der Waals surface area contributed by atoms with Gasteiger partial charge in [0.15, 0.2) is 0 Å². The van der Waals surface area contributed by atoms with Gasteiger partial charge in [0.25, 0.3) is 0 Å². The second-order valence-electron chi connectivity index (χ2n) is 6.30. The number of aliphatic hydroxyl groups is 2. The smallest absolute Gasteiger partial charge is 0.131 e. The SMILES string of the molecule is CC(O)C#C[C@@]1(O)C[C@H]2CC[C@]1(C)C2(C)C. The third-order valence-corrected chi connectivity index (χ3v) is 5.38. The van der Waals surface area contributed by atoms with E-state index < -0.39 is 11.7 Å². The molecule has 2 aliphatic rings. The molecule has 0 saturated heterocycles. The van der Waals surface area contributed by atoms with Crippen molar-refractivity contribution in [3.05, 3.63) is 0 Å². The van der Waals surface area contributed by atoms with E-state index in [1.807, 2.05) is 0 Å². The summed E-state index contributed by atoms with van der Waals surface area (Å²) in [4.78, 5) is 0. The lowest BCUT2D eigenvalue weighted by molar-refractivity contribution is -0.0434. The molecule has 2 N–H and O–H groups in total. The monoisotopic (exact) mass is 222 g/mol. The molecular formula is C14H22O2. The van der Waals surface area contributed by atoms with Crippen molar-refractivity contribution in [3.8, 4) is 11.8 Å². The number of rotatable bonds is 0. The van der Waals surface area contributed by atoms with Gasteiger partial charge in [-0.25, -0.2) is 0 Å². The molecule has 2 nitrogen and oxygen atoms in total. The molecule has 0 aromatic heterocycles. The fourth-order valence-electron chi connectivity index (χ4n) is 3.69. The maximum Gasteiger partial charge on any atom is 0.131 e. The normalized spacial score (nSPS) is 46.2. The third kappa shape index (κ3) is 1.28. The summed E-state index contributed by atoms with van der Waals surface area (Å²) in [6.07, 6.45) is 2.34. The Bertz CT molecular complexity index is 361. The lowest BCUT2D eigenvalue weighted by atomic mass is 9.64. The van der Waals surface area contributed by atoms with Crippen molar-refractivity contribution in [2.24, 2.45) is 16.7 Å². The van der Waals surface area contributed by atoms with Gasteiger partial charge in [-0.15, -0.1) is 0 Å². The lowest BCUT2D eigenvalue weighted by Gasteiger charge is -2.42. The van der Waals surface area contributed by atoms with Crippen LogP contribution < -0.4 is 0 Å². The minimum absolute atomic E-state index is 0.132. The Morgan fingerprint density at radius 2 is 1.94 bits per heavy atom. The lowest BCUT2D eigenvalue weighted by Crippen LogP contribution is -2.46. The van der Waals surface area contributed by atoms with Crippen LogP contribution in [-0.2, 0) is 0 Å². The van der Waals surface area contributed by atoms with E-state index in [-0.39, 0.29) is 10.8 Å². The fourth-order valence-corrected chi connectivity index (χ4v) is 3.69. The number of hydrogen-bond acceptors (Lipinski definition) is 2. The Morgan fingerprint density at radius 3 is 2.31 bits per heavy atom. The molecule has 0 heterocycles. The van der Waals surface area contributed by atoms with Crippen LogP contribution in [0, 0.1) is 28.6 Å². The molecule has 0 radical (unpaired) electrons. The minimum atomic E-state index is -0.906. The van der Waals surface area contributed by atoms with Crippen LogP contribution >= 0.6 is 0 Å². The highest BCUT2D eigenvalue weighted by atomic mass is 16.3. The molecule has 2 fully saturated rings. The molecule has 90 valence electrons. The van der Waals surface area contributed by atoms with Crippen molar-refractivity contribution in [1.29, 1.82) is 0 Å². The van der Waals surface area contributed by atoms with Crippen molar-refractivity contribution in [3.63, 3.8) is 0 Å². The van der Waals surface area contributed by atoms with Crippen molar-refractivity contribution >= 4 is 0 Å². The van der Waals surface area contributed by atoms with E-state index in [0.717, 1.165) is 12.8 Å². The van der Waals surface area contributed by atoms with E-state index >= 15 is 0 Å². The van der Waals surface area contributed by atoms with Gasteiger partial charge in [0.05, 0.1) is 0 Å². The number of aliphatic hydroxyl groups excluding tert-OH is 1. The average Bonchev–Trinajstić information content (AvgIpc) is 2.47. The van der Waals surface area contributed by atoms with Gasteiger partial charge in [0, 0.05) is 5.41 Å². The molecule has 2 saturated carbocycles. The molecule has 2 aliphatic carbocycles. The van der Waals surface area contributed by atoms with Crippen LogP contribution in [0.5, 0.6) is 0 Å². The minimum Gasteiger partial charge on any atom is -0.381 e. The van der Waals surface area contributed by atoms with Gasteiger partial charge >= 0.3 is 0 Å². The van der Waals surface area contributed by atoms with Gasteiger partial charge in [-0.2, -0.15) is 0 Å². The third-order valence-electron chi connectivity index (χ3n) is 5.38. The van der Waals surface area contributed by atoms with Gasteiger partial charge in [-0.3, -0.25) is 0 Å². The number of fused-ring (bicyclic) bond motifs is 2. The predicted molar refractivity (Wildman–Crippen MR) is 63.6 cm³/mol. The average molecular weight is 222 g/mol. The van der Waals surface area contributed by atoms with E-state index in [1.165, 1.54) is 6.42 Å². The molecule has 2 heteroatoms. The molecule has 0 aromatic rings. The summed E-state index contributed by atoms with van der Waals surface area (Å²) in [6.45, 7) is 8.27. The first-order valence-corrected chi connectivity index (χ1v) is 6.16. The Labute approximate surface area is 98.1 Å². The van der Waals surface area contributed by atoms with Crippen molar-refractivity contribution in [1.82, 2.24) is 0 Å². The van der Waals surface area contributed by atoms with Crippen LogP contribution in [0.4, 0.5) is 0 Å². The Kier molecular flexibility index (Phi) is 2.42. The highest BCUT2D eigenvalue weighted by Crippen LogP contribution is 2.69. The fraction of sp³-hybridized carbons (Fsp3) is 0.857. The summed E-state index contributed by atoms with van der Waals surface area (Å²) in [6, 6.07) is 0. The standard InChI is InChI=1S/C14H22O2/c1-10(15)5-8-14(16)9-11-6-7-13(14,4)12(11,2)3/h10-11,15-16H,6-7,9H2,1-4H3/t10?,11-,13-,14-/m1/s1. The summed E-state index contributed by atoms with van der Waals surface area (Å²) in [5.74, 6) is 6.23. The van der Waals surface area contributed by atoms with E-state index in [4.69, 9.17) is 0 Å². The first-order chi connectivity index (χ1) is 7.23. The highest BCUT2D eigenvalue weighted by molar-refractivity contribution is 5.30. The quantitative estimate of drug-likeness (QED) is 0.615. The van der Waals surface area contributed by atoms with Crippen molar-refractivity contribution in [2.75, 3.05) is 0 Å². The van der Waals surface area contributed by atoms with Gasteiger partial charge in [0.2, 0.25) is 0 Å². The summed E-state index contributed by atoms with van der Waals surface area (Å²) in [7, 11) is 0. The molecule has 0 aliphatic heterocycles. The summed E-state index contributed by atoms with van der Waals surface area (Å²) >= 11 is 0. The Hall–Kier alpha value is -0.520. The molecular weight excluding hydrogens is 200 g/mol. The molecule has 16 heavy (non-hydrogen) atoms. The first-order valence-electron chi connectivity index (χ1n) is 6.16. The maximum absolute atomic E-state index is 10.7. The molecule has 0 amide bonds. The van der Waals surface area contributed by atoms with Gasteiger partial charge in [-0.05, 0) is 37.5 Å². The zero-order chi connectivity index (χ0) is 12.2. The molecule has 4 atom stereocenters. The molecule has 0 spiro atoms. The zero-order valence-corrected chi connectivity index (χ0v) is 10.7. The van der Waals surface area contributed by atoms with E-state index in [2.05, 4.69) is 32.6 Å². The van der Waals surface area contributed by atoms with Crippen LogP contribution in [0.25, 0.3) is 0 Å². The maximum atomic E-state index is 10.7. The predicted octanol–water partition coefficient (Wildman–Crippen LogP) is 1.95. The van der Waals surface area contributed by atoms with Crippen molar-refractivity contribution < 1.29 is 10.2 Å². The molecule has 0 aromatic carbocycles. The van der Waals surface area contributed by atoms with Gasteiger partial charge < -0.3 is 10.2 Å². The zero-order valence-electron chi connectivity index (χ0n) is 10.7. The van der Waals surface area contributed by atoms with Crippen molar-refractivity contribution in [2.45, 2.75) is 58.7 Å².